The van der Waals surface area contributed by atoms with E-state index >= 15 is 0 Å². The molecule has 0 spiro atoms. The summed E-state index contributed by atoms with van der Waals surface area (Å²) in [6.45, 7) is 8.24. The van der Waals surface area contributed by atoms with E-state index in [2.05, 4.69) is 5.32 Å². The van der Waals surface area contributed by atoms with Crippen LogP contribution in [0.5, 0.6) is 0 Å². The first-order valence-corrected chi connectivity index (χ1v) is 9.29. The van der Waals surface area contributed by atoms with Crippen LogP contribution >= 0.6 is 0 Å². The monoisotopic (exact) mass is 386 g/mol. The second-order valence-electron chi connectivity index (χ2n) is 7.16. The quantitative estimate of drug-likeness (QED) is 0.567. The molecule has 0 radical (unpaired) electrons. The number of carbonyl (C=O) groups excluding carboxylic acids is 2. The third kappa shape index (κ3) is 6.56. The zero-order chi connectivity index (χ0) is 20.7. The molecule has 1 aromatic rings. The molecule has 0 aliphatic heterocycles. The summed E-state index contributed by atoms with van der Waals surface area (Å²) in [6.07, 6.45) is -0.968. The fourth-order valence-corrected chi connectivity index (χ4v) is 2.79. The van der Waals surface area contributed by atoms with E-state index in [4.69, 9.17) is 0 Å². The molecule has 7 heteroatoms. The molecule has 152 valence electrons. The van der Waals surface area contributed by atoms with Crippen LogP contribution < -0.4 is 5.32 Å². The largest absolute Gasteiger partial charge is 0.416 e. The number of alkyl halides is 3. The lowest BCUT2D eigenvalue weighted by Gasteiger charge is -2.32. The van der Waals surface area contributed by atoms with Crippen molar-refractivity contribution in [3.8, 4) is 0 Å². The van der Waals surface area contributed by atoms with Gasteiger partial charge in [-0.05, 0) is 42.4 Å². The Morgan fingerprint density at radius 3 is 2.11 bits per heavy atom. The van der Waals surface area contributed by atoms with Gasteiger partial charge in [0, 0.05) is 6.54 Å². The van der Waals surface area contributed by atoms with Gasteiger partial charge < -0.3 is 5.32 Å². The van der Waals surface area contributed by atoms with E-state index in [1.165, 1.54) is 12.1 Å². The molecule has 0 bridgehead atoms. The maximum Gasteiger partial charge on any atom is 0.416 e. The lowest BCUT2D eigenvalue weighted by molar-refractivity contribution is -0.137. The van der Waals surface area contributed by atoms with Crippen molar-refractivity contribution in [3.05, 3.63) is 35.4 Å². The van der Waals surface area contributed by atoms with Gasteiger partial charge in [-0.1, -0.05) is 46.2 Å². The predicted molar refractivity (Wildman–Crippen MR) is 99.1 cm³/mol. The van der Waals surface area contributed by atoms with Gasteiger partial charge in [0.2, 0.25) is 6.41 Å². The number of benzene rings is 1. The molecular weight excluding hydrogens is 357 g/mol. The average molecular weight is 386 g/mol. The Morgan fingerprint density at radius 2 is 1.70 bits per heavy atom. The number of hydrogen-bond acceptors (Lipinski definition) is 2. The molecular formula is C20H29F3N2O2. The van der Waals surface area contributed by atoms with Crippen LogP contribution in [0.1, 0.15) is 70.5 Å². The summed E-state index contributed by atoms with van der Waals surface area (Å²) in [6, 6.07) is 3.77. The van der Waals surface area contributed by atoms with Crippen molar-refractivity contribution < 1.29 is 22.8 Å². The number of nitrogens with one attached hydrogen (secondary N) is 1. The van der Waals surface area contributed by atoms with Gasteiger partial charge >= 0.3 is 12.2 Å². The molecule has 0 saturated heterocycles. The molecule has 0 heterocycles. The Kier molecular flexibility index (Phi) is 8.31. The Bertz CT molecular complexity index is 611. The van der Waals surface area contributed by atoms with E-state index in [0.29, 0.717) is 24.9 Å². The Hall–Kier alpha value is -2.05. The second kappa shape index (κ2) is 9.76. The maximum absolute atomic E-state index is 12.7. The Labute approximate surface area is 159 Å². The molecule has 0 aromatic heterocycles. The molecule has 27 heavy (non-hydrogen) atoms. The normalized spacial score (nSPS) is 13.1. The van der Waals surface area contributed by atoms with Crippen LogP contribution in [0.3, 0.4) is 0 Å². The highest BCUT2D eigenvalue weighted by Gasteiger charge is 2.31. The molecule has 1 unspecified atom stereocenters. The van der Waals surface area contributed by atoms with Crippen LogP contribution in [0.2, 0.25) is 0 Å². The summed E-state index contributed by atoms with van der Waals surface area (Å²) >= 11 is 0. The van der Waals surface area contributed by atoms with Crippen LogP contribution in [0, 0.1) is 5.41 Å². The summed E-state index contributed by atoms with van der Waals surface area (Å²) in [4.78, 5) is 25.1. The van der Waals surface area contributed by atoms with Gasteiger partial charge in [-0.2, -0.15) is 13.2 Å². The van der Waals surface area contributed by atoms with Gasteiger partial charge in [0.25, 0.3) is 0 Å². The number of hydrogen-bond donors (Lipinski definition) is 1. The van der Waals surface area contributed by atoms with Gasteiger partial charge in [-0.3, -0.25) is 9.69 Å². The summed E-state index contributed by atoms with van der Waals surface area (Å²) in [7, 11) is 0. The zero-order valence-electron chi connectivity index (χ0n) is 16.4. The van der Waals surface area contributed by atoms with Crippen molar-refractivity contribution in [1.82, 2.24) is 10.2 Å². The first-order chi connectivity index (χ1) is 12.6. The van der Waals surface area contributed by atoms with E-state index in [9.17, 15) is 22.8 Å². The number of nitrogens with zero attached hydrogens (tertiary/aromatic N) is 1. The molecule has 3 amide bonds. The van der Waals surface area contributed by atoms with Crippen LogP contribution in [0.25, 0.3) is 0 Å². The highest BCUT2D eigenvalue weighted by molar-refractivity contribution is 5.85. The number of imide groups is 1. The third-order valence-electron chi connectivity index (χ3n) is 5.16. The lowest BCUT2D eigenvalue weighted by atomic mass is 9.84. The van der Waals surface area contributed by atoms with E-state index in [0.717, 1.165) is 36.3 Å². The number of rotatable bonds is 9. The fraction of sp³-hybridized carbons (Fsp3) is 0.600. The van der Waals surface area contributed by atoms with Gasteiger partial charge in [0.05, 0.1) is 11.6 Å². The van der Waals surface area contributed by atoms with Crippen molar-refractivity contribution in [3.63, 3.8) is 0 Å². The lowest BCUT2D eigenvalue weighted by Crippen LogP contribution is -2.45. The van der Waals surface area contributed by atoms with Crippen LogP contribution in [0.15, 0.2) is 24.3 Å². The molecule has 1 aromatic carbocycles. The number of carbonyl (C=O) groups is 2. The Balaban J connectivity index is 2.94. The zero-order valence-corrected chi connectivity index (χ0v) is 16.4. The van der Waals surface area contributed by atoms with Gasteiger partial charge in [-0.25, -0.2) is 4.79 Å². The highest BCUT2D eigenvalue weighted by Crippen LogP contribution is 2.31. The van der Waals surface area contributed by atoms with E-state index in [-0.39, 0.29) is 5.41 Å². The average Bonchev–Trinajstić information content (AvgIpc) is 2.64. The van der Waals surface area contributed by atoms with E-state index in [1.807, 2.05) is 27.7 Å². The summed E-state index contributed by atoms with van der Waals surface area (Å²) in [5.74, 6) is 0. The van der Waals surface area contributed by atoms with Crippen molar-refractivity contribution in [2.75, 3.05) is 6.54 Å². The third-order valence-corrected chi connectivity index (χ3v) is 5.16. The number of amides is 3. The minimum Gasteiger partial charge on any atom is -0.331 e. The molecule has 0 fully saturated rings. The molecule has 1 N–H and O–H groups in total. The molecule has 0 aliphatic rings. The minimum atomic E-state index is -4.40. The van der Waals surface area contributed by atoms with Gasteiger partial charge in [-0.15, -0.1) is 0 Å². The fourth-order valence-electron chi connectivity index (χ4n) is 2.79. The van der Waals surface area contributed by atoms with Crippen molar-refractivity contribution >= 4 is 12.4 Å². The van der Waals surface area contributed by atoms with Crippen molar-refractivity contribution in [2.45, 2.75) is 65.6 Å². The number of urea groups is 1. The standard InChI is InChI=1S/C20H29F3N2O2/c1-5-8-17(15-9-11-16(12-10-15)20(21,22)23)24-18(27)25(14-26)13-19(4,6-2)7-3/h9-12,14,17H,5-8,13H2,1-4H3,(H,24,27). The van der Waals surface area contributed by atoms with Crippen molar-refractivity contribution in [1.29, 1.82) is 0 Å². The minimum absolute atomic E-state index is 0.174. The Morgan fingerprint density at radius 1 is 1.15 bits per heavy atom. The summed E-state index contributed by atoms with van der Waals surface area (Å²) < 4.78 is 38.2. The SMILES string of the molecule is CCCC(NC(=O)N(C=O)CC(C)(CC)CC)c1ccc(C(F)(F)F)cc1. The molecule has 1 rings (SSSR count). The predicted octanol–water partition coefficient (Wildman–Crippen LogP) is 5.54. The van der Waals surface area contributed by atoms with Crippen LogP contribution in [-0.2, 0) is 11.0 Å². The van der Waals surface area contributed by atoms with Gasteiger partial charge in [0.15, 0.2) is 0 Å². The summed E-state index contributed by atoms with van der Waals surface area (Å²) in [5.41, 5.74) is -0.325. The van der Waals surface area contributed by atoms with Crippen LogP contribution in [-0.4, -0.2) is 23.9 Å². The molecule has 1 atom stereocenters. The van der Waals surface area contributed by atoms with E-state index in [1.54, 1.807) is 0 Å². The maximum atomic E-state index is 12.7. The number of halogens is 3. The van der Waals surface area contributed by atoms with Crippen molar-refractivity contribution in [2.24, 2.45) is 5.41 Å². The molecule has 0 saturated carbocycles. The molecule has 4 nitrogen and oxygen atoms in total. The van der Waals surface area contributed by atoms with E-state index < -0.39 is 23.8 Å². The van der Waals surface area contributed by atoms with Crippen LogP contribution in [0.4, 0.5) is 18.0 Å². The summed E-state index contributed by atoms with van der Waals surface area (Å²) in [5, 5.41) is 2.79. The second-order valence-corrected chi connectivity index (χ2v) is 7.16. The smallest absolute Gasteiger partial charge is 0.331 e. The first kappa shape index (κ1) is 23.0. The first-order valence-electron chi connectivity index (χ1n) is 9.29. The molecule has 0 aliphatic carbocycles. The highest BCUT2D eigenvalue weighted by atomic mass is 19.4. The topological polar surface area (TPSA) is 49.4 Å². The van der Waals surface area contributed by atoms with Gasteiger partial charge in [0.1, 0.15) is 0 Å².